The summed E-state index contributed by atoms with van der Waals surface area (Å²) >= 11 is 0. The van der Waals surface area contributed by atoms with Gasteiger partial charge in [-0.1, -0.05) is 85.2 Å². The van der Waals surface area contributed by atoms with Crippen LogP contribution in [-0.4, -0.2) is 132 Å². The van der Waals surface area contributed by atoms with Crippen molar-refractivity contribution in [1.82, 2.24) is 46.5 Å². The Bertz CT molecular complexity index is 1650. The van der Waals surface area contributed by atoms with Crippen molar-refractivity contribution >= 4 is 29.7 Å². The maximum atomic E-state index is 14.3. The van der Waals surface area contributed by atoms with E-state index in [-0.39, 0.29) is 54.3 Å². The molecule has 1 saturated heterocycles. The number of nitrogens with zero attached hydrogens (tertiary/aromatic N) is 4. The standard InChI is InChI=1S/C43H71N9O8/c1-13-27(6)37(51(10)42(56)36(26(4)5)48-41(55)35(44-9)25(2)3)33(58-11)22-34(53)52-21-17-20-32(52)38(59-12)28(7)40(54)47-29(8)39(30-18-15-14-16-19-30)60-43(57)45-23-31-24-46-50-49-31/h14-16,18-19,24-29,32-33,35-39,44H,13,17,20-23H2,1-12H3,(H,45,57)(H,47,54)(H,48,55)(H,46,49,50)/t27-,28+,29+,32-,33+,35-,36-,37-,38+,39+/m0/s1. The average Bonchev–Trinajstić information content (AvgIpc) is 3.94. The van der Waals surface area contributed by atoms with Gasteiger partial charge in [-0.25, -0.2) is 4.79 Å². The molecule has 1 aromatic heterocycles. The maximum Gasteiger partial charge on any atom is 0.408 e. The second-order valence-corrected chi connectivity index (χ2v) is 16.7. The summed E-state index contributed by atoms with van der Waals surface area (Å²) in [5.41, 5.74) is 1.22. The van der Waals surface area contributed by atoms with Gasteiger partial charge in [0.25, 0.3) is 0 Å². The lowest BCUT2D eigenvalue weighted by Gasteiger charge is -2.41. The van der Waals surface area contributed by atoms with E-state index in [1.54, 1.807) is 44.9 Å². The van der Waals surface area contributed by atoms with Gasteiger partial charge in [0.1, 0.15) is 17.8 Å². The number of ether oxygens (including phenoxy) is 3. The SMILES string of the molecule is CC[C@H](C)[C@@H]([C@@H](CC(=O)N1CCC[C@H]1[C@H](OC)[C@@H](C)C(=O)N[C@H](C)[C@@H](OC(=O)NCc1cn[nH]n1)c1ccccc1)OC)N(C)C(=O)[C@@H](NC(=O)[C@@H](NC)C(C)C)C(C)C. The van der Waals surface area contributed by atoms with Crippen LogP contribution in [0.1, 0.15) is 98.4 Å². The van der Waals surface area contributed by atoms with Crippen LogP contribution in [-0.2, 0) is 39.9 Å². The number of hydrogen-bond donors (Lipinski definition) is 5. The van der Waals surface area contributed by atoms with Gasteiger partial charge in [0.15, 0.2) is 0 Å². The number of nitrogens with one attached hydrogen (secondary N) is 5. The first-order chi connectivity index (χ1) is 28.5. The van der Waals surface area contributed by atoms with Crippen molar-refractivity contribution < 1.29 is 38.2 Å². The van der Waals surface area contributed by atoms with E-state index >= 15 is 0 Å². The number of likely N-dealkylation sites (N-methyl/N-ethyl adjacent to an activating group) is 2. The summed E-state index contributed by atoms with van der Waals surface area (Å²) in [5.74, 6) is -1.91. The first kappa shape index (κ1) is 49.8. The topological polar surface area (TPSA) is 209 Å². The number of methoxy groups -OCH3 is 2. The molecule has 336 valence electrons. The molecule has 2 heterocycles. The van der Waals surface area contributed by atoms with Crippen LogP contribution in [0.2, 0.25) is 0 Å². The number of likely N-dealkylation sites (tertiary alicyclic amines) is 1. The van der Waals surface area contributed by atoms with Gasteiger partial charge in [0, 0.05) is 27.8 Å². The molecule has 17 heteroatoms. The van der Waals surface area contributed by atoms with E-state index < -0.39 is 60.5 Å². The molecule has 0 aliphatic carbocycles. The molecule has 0 bridgehead atoms. The molecule has 10 atom stereocenters. The van der Waals surface area contributed by atoms with Crippen LogP contribution in [0.5, 0.6) is 0 Å². The van der Waals surface area contributed by atoms with Crippen LogP contribution in [0.25, 0.3) is 0 Å². The highest BCUT2D eigenvalue weighted by atomic mass is 16.6. The minimum atomic E-state index is -0.822. The zero-order valence-electron chi connectivity index (χ0n) is 37.7. The molecule has 2 aromatic rings. The van der Waals surface area contributed by atoms with Crippen molar-refractivity contribution in [2.24, 2.45) is 23.7 Å². The largest absolute Gasteiger partial charge is 0.439 e. The Balaban J connectivity index is 1.76. The molecule has 60 heavy (non-hydrogen) atoms. The van der Waals surface area contributed by atoms with Gasteiger partial charge in [0.05, 0.1) is 61.5 Å². The number of aromatic amines is 1. The highest BCUT2D eigenvalue weighted by molar-refractivity contribution is 5.90. The summed E-state index contributed by atoms with van der Waals surface area (Å²) in [7, 11) is 6.53. The smallest absolute Gasteiger partial charge is 0.408 e. The Kier molecular flexibility index (Phi) is 19.9. The van der Waals surface area contributed by atoms with Crippen LogP contribution in [0.4, 0.5) is 4.79 Å². The highest BCUT2D eigenvalue weighted by Crippen LogP contribution is 2.30. The first-order valence-electron chi connectivity index (χ1n) is 21.2. The number of aromatic nitrogens is 3. The third-order valence-electron chi connectivity index (χ3n) is 11.8. The summed E-state index contributed by atoms with van der Waals surface area (Å²) in [4.78, 5) is 72.0. The number of alkyl carbamates (subject to hydrolysis) is 1. The Hall–Kier alpha value is -4.61. The van der Waals surface area contributed by atoms with Gasteiger partial charge in [0.2, 0.25) is 23.6 Å². The van der Waals surface area contributed by atoms with Gasteiger partial charge in [-0.3, -0.25) is 19.2 Å². The normalized spacial score (nSPS) is 18.7. The zero-order valence-corrected chi connectivity index (χ0v) is 37.7. The van der Waals surface area contributed by atoms with E-state index in [4.69, 9.17) is 14.2 Å². The molecule has 1 fully saturated rings. The molecule has 0 unspecified atom stereocenters. The average molecular weight is 842 g/mol. The molecule has 17 nitrogen and oxygen atoms in total. The minimum absolute atomic E-state index is 0.00360. The van der Waals surface area contributed by atoms with Gasteiger partial charge in [-0.2, -0.15) is 15.4 Å². The summed E-state index contributed by atoms with van der Waals surface area (Å²) in [6, 6.07) is 6.39. The molecule has 1 aliphatic heterocycles. The number of hydrogen-bond acceptors (Lipinski definition) is 11. The summed E-state index contributed by atoms with van der Waals surface area (Å²) < 4.78 is 17.9. The Morgan fingerprint density at radius 3 is 2.15 bits per heavy atom. The maximum absolute atomic E-state index is 14.3. The zero-order chi connectivity index (χ0) is 44.7. The third-order valence-corrected chi connectivity index (χ3v) is 11.8. The van der Waals surface area contributed by atoms with E-state index in [1.165, 1.54) is 13.3 Å². The second-order valence-electron chi connectivity index (χ2n) is 16.7. The lowest BCUT2D eigenvalue weighted by molar-refractivity contribution is -0.148. The first-order valence-corrected chi connectivity index (χ1v) is 21.2. The fraction of sp³-hybridized carbons (Fsp3) is 0.698. The monoisotopic (exact) mass is 842 g/mol. The molecule has 5 N–H and O–H groups in total. The number of rotatable bonds is 23. The van der Waals surface area contributed by atoms with E-state index in [1.807, 2.05) is 71.9 Å². The third kappa shape index (κ3) is 13.2. The fourth-order valence-corrected chi connectivity index (χ4v) is 8.21. The summed E-state index contributed by atoms with van der Waals surface area (Å²) in [6.07, 6.45) is 0.743. The predicted octanol–water partition coefficient (Wildman–Crippen LogP) is 3.58. The number of amides is 5. The number of carbonyl (C=O) groups is 5. The summed E-state index contributed by atoms with van der Waals surface area (Å²) in [5, 5.41) is 21.9. The predicted molar refractivity (Wildman–Crippen MR) is 227 cm³/mol. The van der Waals surface area contributed by atoms with Gasteiger partial charge in [-0.05, 0) is 50.1 Å². The van der Waals surface area contributed by atoms with Crippen molar-refractivity contribution in [3.8, 4) is 0 Å². The van der Waals surface area contributed by atoms with Crippen molar-refractivity contribution in [3.63, 3.8) is 0 Å². The highest BCUT2D eigenvalue weighted by Gasteiger charge is 2.43. The molecule has 0 radical (unpaired) electrons. The van der Waals surface area contributed by atoms with E-state index in [0.29, 0.717) is 24.2 Å². The quantitative estimate of drug-likeness (QED) is 0.109. The van der Waals surface area contributed by atoms with Crippen LogP contribution < -0.4 is 21.3 Å². The molecule has 0 spiro atoms. The van der Waals surface area contributed by atoms with E-state index in [9.17, 15) is 24.0 Å². The molecular formula is C43H71N9O8. The van der Waals surface area contributed by atoms with Gasteiger partial charge >= 0.3 is 6.09 Å². The number of carbonyl (C=O) groups excluding carboxylic acids is 5. The molecular weight excluding hydrogens is 771 g/mol. The van der Waals surface area contributed by atoms with E-state index in [0.717, 1.165) is 12.8 Å². The van der Waals surface area contributed by atoms with Crippen molar-refractivity contribution in [1.29, 1.82) is 0 Å². The van der Waals surface area contributed by atoms with E-state index in [2.05, 4.69) is 36.7 Å². The van der Waals surface area contributed by atoms with Gasteiger partial charge in [-0.15, -0.1) is 0 Å². The van der Waals surface area contributed by atoms with Crippen LogP contribution in [0, 0.1) is 23.7 Å². The van der Waals surface area contributed by atoms with Crippen molar-refractivity contribution in [2.75, 3.05) is 34.9 Å². The lowest BCUT2D eigenvalue weighted by atomic mass is 9.89. The Morgan fingerprint density at radius 1 is 0.933 bits per heavy atom. The van der Waals surface area contributed by atoms with Crippen molar-refractivity contribution in [3.05, 3.63) is 47.8 Å². The van der Waals surface area contributed by atoms with Crippen molar-refractivity contribution in [2.45, 2.75) is 136 Å². The van der Waals surface area contributed by atoms with Crippen LogP contribution in [0.3, 0.4) is 0 Å². The Labute approximate surface area is 356 Å². The molecule has 5 amide bonds. The van der Waals surface area contributed by atoms with Gasteiger partial charge < -0.3 is 45.3 Å². The molecule has 1 aromatic carbocycles. The Morgan fingerprint density at radius 2 is 1.60 bits per heavy atom. The fourth-order valence-electron chi connectivity index (χ4n) is 8.21. The molecule has 1 aliphatic rings. The van der Waals surface area contributed by atoms with Crippen LogP contribution >= 0.6 is 0 Å². The molecule has 0 saturated carbocycles. The number of H-pyrrole nitrogens is 1. The minimum Gasteiger partial charge on any atom is -0.439 e. The lowest BCUT2D eigenvalue weighted by Crippen LogP contribution is -2.59. The molecule has 3 rings (SSSR count). The number of benzene rings is 1. The van der Waals surface area contributed by atoms with Crippen LogP contribution in [0.15, 0.2) is 36.5 Å². The second kappa shape index (κ2) is 24.0. The summed E-state index contributed by atoms with van der Waals surface area (Å²) in [6.45, 7) is 15.9.